The van der Waals surface area contributed by atoms with E-state index >= 15 is 0 Å². The van der Waals surface area contributed by atoms with E-state index in [9.17, 15) is 4.79 Å². The van der Waals surface area contributed by atoms with Gasteiger partial charge in [0.05, 0.1) is 7.11 Å². The first-order valence-electron chi connectivity index (χ1n) is 6.16. The lowest BCUT2D eigenvalue weighted by Crippen LogP contribution is -2.26. The predicted octanol–water partition coefficient (Wildman–Crippen LogP) is 2.79. The first-order valence-corrected chi connectivity index (χ1v) is 6.16. The molecule has 1 N–H and O–H groups in total. The van der Waals surface area contributed by atoms with Gasteiger partial charge in [0.1, 0.15) is 6.04 Å². The van der Waals surface area contributed by atoms with Crippen molar-refractivity contribution in [1.29, 1.82) is 0 Å². The van der Waals surface area contributed by atoms with Gasteiger partial charge < -0.3 is 10.1 Å². The summed E-state index contributed by atoms with van der Waals surface area (Å²) in [7, 11) is 3.14. The van der Waals surface area contributed by atoms with Crippen molar-refractivity contribution < 1.29 is 9.53 Å². The van der Waals surface area contributed by atoms with Gasteiger partial charge >= 0.3 is 5.97 Å². The lowest BCUT2D eigenvalue weighted by molar-refractivity contribution is -0.143. The highest BCUT2D eigenvalue weighted by molar-refractivity contribution is 5.78. The summed E-state index contributed by atoms with van der Waals surface area (Å²) in [5.74, 6) is -0.282. The van der Waals surface area contributed by atoms with E-state index in [-0.39, 0.29) is 5.97 Å². The van der Waals surface area contributed by atoms with Gasteiger partial charge in [-0.25, -0.2) is 4.79 Å². The van der Waals surface area contributed by atoms with Crippen LogP contribution in [0.15, 0.2) is 54.6 Å². The van der Waals surface area contributed by atoms with E-state index in [4.69, 9.17) is 4.74 Å². The van der Waals surface area contributed by atoms with Gasteiger partial charge in [-0.3, -0.25) is 0 Å². The smallest absolute Gasteiger partial charge is 0.327 e. The predicted molar refractivity (Wildman–Crippen MR) is 75.7 cm³/mol. The van der Waals surface area contributed by atoms with Crippen molar-refractivity contribution in [3.8, 4) is 11.1 Å². The maximum atomic E-state index is 11.6. The number of carbonyl (C=O) groups is 1. The zero-order valence-electron chi connectivity index (χ0n) is 11.1. The molecule has 0 radical (unpaired) electrons. The van der Waals surface area contributed by atoms with E-state index in [1.54, 1.807) is 7.05 Å². The SMILES string of the molecule is CNC(C(=O)OC)c1ccc(-c2ccccc2)cc1. The summed E-state index contributed by atoms with van der Waals surface area (Å²) in [6, 6.07) is 17.6. The second kappa shape index (κ2) is 6.16. The summed E-state index contributed by atoms with van der Waals surface area (Å²) in [5.41, 5.74) is 3.19. The van der Waals surface area contributed by atoms with E-state index in [0.29, 0.717) is 0 Å². The molecule has 3 heteroatoms. The molecule has 1 atom stereocenters. The number of methoxy groups -OCH3 is 1. The van der Waals surface area contributed by atoms with Crippen LogP contribution < -0.4 is 5.32 Å². The van der Waals surface area contributed by atoms with E-state index in [2.05, 4.69) is 17.4 Å². The standard InChI is InChI=1S/C16H17NO2/c1-17-15(16(18)19-2)14-10-8-13(9-11-14)12-6-4-3-5-7-12/h3-11,15,17H,1-2H3. The Bertz CT molecular complexity index is 534. The fraction of sp³-hybridized carbons (Fsp3) is 0.188. The highest BCUT2D eigenvalue weighted by Crippen LogP contribution is 2.22. The van der Waals surface area contributed by atoms with Crippen molar-refractivity contribution in [2.24, 2.45) is 0 Å². The molecule has 0 saturated heterocycles. The molecule has 0 amide bonds. The minimum absolute atomic E-state index is 0.282. The molecule has 0 spiro atoms. The van der Waals surface area contributed by atoms with Crippen LogP contribution in [0.2, 0.25) is 0 Å². The van der Waals surface area contributed by atoms with Crippen molar-refractivity contribution in [3.63, 3.8) is 0 Å². The molecule has 0 fully saturated rings. The van der Waals surface area contributed by atoms with Crippen LogP contribution in [0, 0.1) is 0 Å². The Labute approximate surface area is 113 Å². The van der Waals surface area contributed by atoms with Gasteiger partial charge in [0, 0.05) is 0 Å². The molecule has 1 unspecified atom stereocenters. The lowest BCUT2D eigenvalue weighted by atomic mass is 10.0. The normalized spacial score (nSPS) is 11.9. The first kappa shape index (κ1) is 13.3. The number of hydrogen-bond donors (Lipinski definition) is 1. The van der Waals surface area contributed by atoms with Gasteiger partial charge in [-0.15, -0.1) is 0 Å². The molecule has 2 rings (SSSR count). The van der Waals surface area contributed by atoms with E-state index in [1.807, 2.05) is 42.5 Å². The van der Waals surface area contributed by atoms with Gasteiger partial charge in [0.15, 0.2) is 0 Å². The molecule has 0 bridgehead atoms. The molecule has 98 valence electrons. The van der Waals surface area contributed by atoms with Crippen LogP contribution in [0.4, 0.5) is 0 Å². The molecule has 0 aromatic heterocycles. The molecule has 0 aliphatic heterocycles. The molecule has 19 heavy (non-hydrogen) atoms. The third kappa shape index (κ3) is 3.01. The molecule has 0 aliphatic rings. The van der Waals surface area contributed by atoms with Crippen LogP contribution in [-0.4, -0.2) is 20.1 Å². The Kier molecular flexibility index (Phi) is 4.31. The van der Waals surface area contributed by atoms with Gasteiger partial charge in [0.2, 0.25) is 0 Å². The number of likely N-dealkylation sites (N-methyl/N-ethyl adjacent to an activating group) is 1. The van der Waals surface area contributed by atoms with E-state index in [1.165, 1.54) is 7.11 Å². The number of carbonyl (C=O) groups excluding carboxylic acids is 1. The van der Waals surface area contributed by atoms with Crippen LogP contribution >= 0.6 is 0 Å². The first-order chi connectivity index (χ1) is 9.26. The number of benzene rings is 2. The fourth-order valence-corrected chi connectivity index (χ4v) is 2.04. The van der Waals surface area contributed by atoms with Crippen molar-refractivity contribution in [2.45, 2.75) is 6.04 Å². The van der Waals surface area contributed by atoms with Crippen LogP contribution in [0.25, 0.3) is 11.1 Å². The molecule has 0 heterocycles. The van der Waals surface area contributed by atoms with Gasteiger partial charge in [-0.2, -0.15) is 0 Å². The summed E-state index contributed by atoms with van der Waals surface area (Å²) >= 11 is 0. The zero-order chi connectivity index (χ0) is 13.7. The minimum Gasteiger partial charge on any atom is -0.468 e. The maximum absolute atomic E-state index is 11.6. The second-order valence-electron chi connectivity index (χ2n) is 4.23. The molecular weight excluding hydrogens is 238 g/mol. The van der Waals surface area contributed by atoms with Crippen LogP contribution in [0.3, 0.4) is 0 Å². The summed E-state index contributed by atoms with van der Waals surface area (Å²) in [5, 5.41) is 2.95. The molecular formula is C16H17NO2. The number of rotatable bonds is 4. The van der Waals surface area contributed by atoms with Crippen molar-refractivity contribution in [2.75, 3.05) is 14.2 Å². The average molecular weight is 255 g/mol. The number of esters is 1. The van der Waals surface area contributed by atoms with E-state index in [0.717, 1.165) is 16.7 Å². The average Bonchev–Trinajstić information content (AvgIpc) is 2.49. The third-order valence-corrected chi connectivity index (χ3v) is 3.08. The maximum Gasteiger partial charge on any atom is 0.327 e. The van der Waals surface area contributed by atoms with Gasteiger partial charge in [0.25, 0.3) is 0 Å². The van der Waals surface area contributed by atoms with Gasteiger partial charge in [-0.1, -0.05) is 54.6 Å². The van der Waals surface area contributed by atoms with Gasteiger partial charge in [-0.05, 0) is 23.7 Å². The number of hydrogen-bond acceptors (Lipinski definition) is 3. The minimum atomic E-state index is -0.421. The van der Waals surface area contributed by atoms with Crippen LogP contribution in [0.5, 0.6) is 0 Å². The molecule has 3 nitrogen and oxygen atoms in total. The highest BCUT2D eigenvalue weighted by Gasteiger charge is 2.18. The highest BCUT2D eigenvalue weighted by atomic mass is 16.5. The van der Waals surface area contributed by atoms with Crippen LogP contribution in [0.1, 0.15) is 11.6 Å². The summed E-state index contributed by atoms with van der Waals surface area (Å²) in [6.07, 6.45) is 0. The Morgan fingerprint density at radius 1 is 1.00 bits per heavy atom. The summed E-state index contributed by atoms with van der Waals surface area (Å²) in [6.45, 7) is 0. The molecule has 0 aliphatic carbocycles. The zero-order valence-corrected chi connectivity index (χ0v) is 11.1. The quantitative estimate of drug-likeness (QED) is 0.854. The van der Waals surface area contributed by atoms with Crippen molar-refractivity contribution in [3.05, 3.63) is 60.2 Å². The van der Waals surface area contributed by atoms with E-state index < -0.39 is 6.04 Å². The topological polar surface area (TPSA) is 38.3 Å². The molecule has 2 aromatic rings. The second-order valence-corrected chi connectivity index (χ2v) is 4.23. The summed E-state index contributed by atoms with van der Waals surface area (Å²) < 4.78 is 4.77. The Balaban J connectivity index is 2.25. The summed E-state index contributed by atoms with van der Waals surface area (Å²) in [4.78, 5) is 11.6. The Hall–Kier alpha value is -2.13. The Morgan fingerprint density at radius 2 is 1.58 bits per heavy atom. The monoisotopic (exact) mass is 255 g/mol. The third-order valence-electron chi connectivity index (χ3n) is 3.08. The number of ether oxygens (including phenoxy) is 1. The molecule has 0 saturated carbocycles. The van der Waals surface area contributed by atoms with Crippen molar-refractivity contribution in [1.82, 2.24) is 5.32 Å². The number of nitrogens with one attached hydrogen (secondary N) is 1. The van der Waals surface area contributed by atoms with Crippen molar-refractivity contribution >= 4 is 5.97 Å². The Morgan fingerprint density at radius 3 is 2.11 bits per heavy atom. The lowest BCUT2D eigenvalue weighted by Gasteiger charge is -2.14. The molecule has 2 aromatic carbocycles. The largest absolute Gasteiger partial charge is 0.468 e. The van der Waals surface area contributed by atoms with Crippen LogP contribution in [-0.2, 0) is 9.53 Å². The fourth-order valence-electron chi connectivity index (χ4n) is 2.04.